The van der Waals surface area contributed by atoms with Crippen LogP contribution in [0, 0.1) is 0 Å². The molecule has 0 radical (unpaired) electrons. The molecule has 0 aliphatic carbocycles. The van der Waals surface area contributed by atoms with Gasteiger partial charge >= 0.3 is 6.09 Å². The van der Waals surface area contributed by atoms with Crippen molar-refractivity contribution in [2.45, 2.75) is 65.0 Å². The lowest BCUT2D eigenvalue weighted by Gasteiger charge is -2.33. The highest BCUT2D eigenvalue weighted by molar-refractivity contribution is 14.0. The molecule has 0 aromatic heterocycles. The Labute approximate surface area is 200 Å². The van der Waals surface area contributed by atoms with Gasteiger partial charge in [-0.15, -0.1) is 24.0 Å². The second-order valence-corrected chi connectivity index (χ2v) is 8.57. The van der Waals surface area contributed by atoms with Crippen LogP contribution in [0.2, 0.25) is 0 Å². The molecule has 8 nitrogen and oxygen atoms in total. The first-order valence-electron chi connectivity index (χ1n) is 11.0. The van der Waals surface area contributed by atoms with Crippen LogP contribution in [0.4, 0.5) is 4.79 Å². The third kappa shape index (κ3) is 12.8. The lowest BCUT2D eigenvalue weighted by molar-refractivity contribution is 0.0253. The van der Waals surface area contributed by atoms with E-state index in [-0.39, 0.29) is 30.1 Å². The lowest BCUT2D eigenvalue weighted by atomic mass is 10.1. The van der Waals surface area contributed by atoms with Crippen molar-refractivity contribution in [3.05, 3.63) is 0 Å². The Bertz CT molecular complexity index is 492. The normalized spacial score (nSPS) is 16.0. The van der Waals surface area contributed by atoms with Gasteiger partial charge in [-0.1, -0.05) is 6.92 Å². The Morgan fingerprint density at radius 1 is 1.23 bits per heavy atom. The predicted octanol–water partition coefficient (Wildman–Crippen LogP) is 2.92. The predicted molar refractivity (Wildman–Crippen MR) is 134 cm³/mol. The number of guanidine groups is 1. The largest absolute Gasteiger partial charge is 0.444 e. The summed E-state index contributed by atoms with van der Waals surface area (Å²) in [5.41, 5.74) is -0.480. The highest BCUT2D eigenvalue weighted by atomic mass is 127. The first-order chi connectivity index (χ1) is 13.8. The summed E-state index contributed by atoms with van der Waals surface area (Å²) >= 11 is 0. The monoisotopic (exact) mass is 541 g/mol. The lowest BCUT2D eigenvalue weighted by Crippen LogP contribution is -2.50. The van der Waals surface area contributed by atoms with E-state index in [1.807, 2.05) is 20.8 Å². The molecule has 1 aliphatic heterocycles. The van der Waals surface area contributed by atoms with Gasteiger partial charge in [-0.2, -0.15) is 0 Å². The minimum Gasteiger partial charge on any atom is -0.444 e. The number of nitrogens with one attached hydrogen (secondary N) is 2. The van der Waals surface area contributed by atoms with E-state index in [2.05, 4.69) is 27.4 Å². The number of carbonyl (C=O) groups excluding carboxylic acids is 1. The molecule has 9 heteroatoms. The van der Waals surface area contributed by atoms with Crippen molar-refractivity contribution in [2.75, 3.05) is 60.0 Å². The molecule has 1 heterocycles. The molecule has 0 atom stereocenters. The number of rotatable bonds is 10. The quantitative estimate of drug-likeness (QED) is 0.192. The number of nitrogens with zero attached hydrogens (tertiary/aromatic N) is 3. The minimum atomic E-state index is -0.480. The van der Waals surface area contributed by atoms with Crippen LogP contribution in [0.3, 0.4) is 0 Å². The molecular weight excluding hydrogens is 497 g/mol. The van der Waals surface area contributed by atoms with Crippen molar-refractivity contribution in [2.24, 2.45) is 4.99 Å². The van der Waals surface area contributed by atoms with Crippen molar-refractivity contribution in [3.63, 3.8) is 0 Å². The van der Waals surface area contributed by atoms with Crippen LogP contribution >= 0.6 is 24.0 Å². The molecule has 1 fully saturated rings. The van der Waals surface area contributed by atoms with E-state index in [9.17, 15) is 4.79 Å². The number of methoxy groups -OCH3 is 1. The third-order valence-corrected chi connectivity index (χ3v) is 4.79. The van der Waals surface area contributed by atoms with Crippen molar-refractivity contribution < 1.29 is 14.3 Å². The van der Waals surface area contributed by atoms with Crippen molar-refractivity contribution >= 4 is 36.0 Å². The molecule has 1 aliphatic rings. The van der Waals surface area contributed by atoms with Crippen molar-refractivity contribution in [1.29, 1.82) is 0 Å². The maximum atomic E-state index is 12.4. The molecule has 1 rings (SSSR count). The first-order valence-corrected chi connectivity index (χ1v) is 11.0. The van der Waals surface area contributed by atoms with E-state index in [4.69, 9.17) is 9.47 Å². The Balaban J connectivity index is 0.00000841. The molecule has 0 spiro atoms. The van der Waals surface area contributed by atoms with Gasteiger partial charge in [-0.3, -0.25) is 4.99 Å². The minimum absolute atomic E-state index is 0. The SMILES string of the molecule is CCCN(CCNC(=NC)NC1CCN(CCCOC)CC1)C(=O)OC(C)(C)C.I. The van der Waals surface area contributed by atoms with Crippen molar-refractivity contribution in [3.8, 4) is 0 Å². The van der Waals surface area contributed by atoms with Gasteiger partial charge in [-0.05, 0) is 46.5 Å². The van der Waals surface area contributed by atoms with Crippen LogP contribution in [-0.2, 0) is 9.47 Å². The average molecular weight is 542 g/mol. The fourth-order valence-corrected chi connectivity index (χ4v) is 3.32. The van der Waals surface area contributed by atoms with Gasteiger partial charge in [0.05, 0.1) is 0 Å². The number of amides is 1. The summed E-state index contributed by atoms with van der Waals surface area (Å²) in [6, 6.07) is 0.428. The van der Waals surface area contributed by atoms with Gasteiger partial charge < -0.3 is 29.9 Å². The molecule has 1 amide bonds. The zero-order valence-electron chi connectivity index (χ0n) is 19.8. The molecule has 30 heavy (non-hydrogen) atoms. The van der Waals surface area contributed by atoms with Crippen LogP contribution in [0.25, 0.3) is 0 Å². The van der Waals surface area contributed by atoms with Crippen LogP contribution < -0.4 is 10.6 Å². The van der Waals surface area contributed by atoms with E-state index >= 15 is 0 Å². The second kappa shape index (κ2) is 15.9. The highest BCUT2D eigenvalue weighted by Gasteiger charge is 2.22. The molecule has 0 aromatic carbocycles. The van der Waals surface area contributed by atoms with E-state index in [1.165, 1.54) is 0 Å². The molecule has 0 bridgehead atoms. The number of hydrogen-bond acceptors (Lipinski definition) is 5. The summed E-state index contributed by atoms with van der Waals surface area (Å²) in [6.07, 6.45) is 3.94. The van der Waals surface area contributed by atoms with Crippen LogP contribution in [0.15, 0.2) is 4.99 Å². The molecular formula is C21H44IN5O3. The third-order valence-electron chi connectivity index (χ3n) is 4.79. The summed E-state index contributed by atoms with van der Waals surface area (Å²) in [4.78, 5) is 20.9. The van der Waals surface area contributed by atoms with Crippen LogP contribution in [0.1, 0.15) is 53.4 Å². The zero-order chi connectivity index (χ0) is 21.7. The highest BCUT2D eigenvalue weighted by Crippen LogP contribution is 2.11. The van der Waals surface area contributed by atoms with Gasteiger partial charge in [0.15, 0.2) is 5.96 Å². The van der Waals surface area contributed by atoms with Gasteiger partial charge in [-0.25, -0.2) is 4.79 Å². The van der Waals surface area contributed by atoms with Gasteiger partial charge in [0, 0.05) is 66.1 Å². The number of carbonyl (C=O) groups is 1. The zero-order valence-corrected chi connectivity index (χ0v) is 22.2. The van der Waals surface area contributed by atoms with Crippen LogP contribution in [-0.4, -0.2) is 93.5 Å². The molecule has 0 aromatic rings. The summed E-state index contributed by atoms with van der Waals surface area (Å²) in [7, 11) is 3.54. The number of piperidine rings is 1. The molecule has 178 valence electrons. The Morgan fingerprint density at radius 2 is 1.90 bits per heavy atom. The van der Waals surface area contributed by atoms with E-state index in [0.717, 1.165) is 57.9 Å². The molecule has 0 unspecified atom stereocenters. The molecule has 1 saturated heterocycles. The Morgan fingerprint density at radius 3 is 2.43 bits per heavy atom. The van der Waals surface area contributed by atoms with E-state index in [0.29, 0.717) is 25.7 Å². The smallest absolute Gasteiger partial charge is 0.410 e. The number of halogens is 1. The molecule has 2 N–H and O–H groups in total. The Kier molecular flexibility index (Phi) is 15.5. The topological polar surface area (TPSA) is 78.4 Å². The first kappa shape index (κ1) is 29.2. The molecule has 0 saturated carbocycles. The number of likely N-dealkylation sites (tertiary alicyclic amines) is 1. The summed E-state index contributed by atoms with van der Waals surface area (Å²) in [6.45, 7) is 13.8. The number of aliphatic imine (C=N–C) groups is 1. The second-order valence-electron chi connectivity index (χ2n) is 8.57. The summed E-state index contributed by atoms with van der Waals surface area (Å²) < 4.78 is 10.6. The standard InChI is InChI=1S/C21H43N5O3.HI/c1-7-12-26(20(27)29-21(2,3)4)16-11-23-19(22-5)24-18-9-14-25(15-10-18)13-8-17-28-6;/h18H,7-17H2,1-6H3,(H2,22,23,24);1H. The average Bonchev–Trinajstić information content (AvgIpc) is 2.66. The summed E-state index contributed by atoms with van der Waals surface area (Å²) in [5.74, 6) is 0.795. The van der Waals surface area contributed by atoms with E-state index < -0.39 is 5.60 Å². The van der Waals surface area contributed by atoms with E-state index in [1.54, 1.807) is 19.1 Å². The Hall–Kier alpha value is -0.810. The van der Waals surface area contributed by atoms with Crippen LogP contribution in [0.5, 0.6) is 0 Å². The van der Waals surface area contributed by atoms with Gasteiger partial charge in [0.2, 0.25) is 0 Å². The summed E-state index contributed by atoms with van der Waals surface area (Å²) in [5, 5.41) is 6.86. The maximum Gasteiger partial charge on any atom is 0.410 e. The van der Waals surface area contributed by atoms with Gasteiger partial charge in [0.25, 0.3) is 0 Å². The fraction of sp³-hybridized carbons (Fsp3) is 0.905. The van der Waals surface area contributed by atoms with Gasteiger partial charge in [0.1, 0.15) is 5.60 Å². The van der Waals surface area contributed by atoms with Crippen molar-refractivity contribution in [1.82, 2.24) is 20.4 Å². The number of ether oxygens (including phenoxy) is 2. The fourth-order valence-electron chi connectivity index (χ4n) is 3.32. The number of hydrogen-bond donors (Lipinski definition) is 2. The maximum absolute atomic E-state index is 12.4.